The molecule has 2 N–H and O–H groups in total. The summed E-state index contributed by atoms with van der Waals surface area (Å²) in [6, 6.07) is 8.10. The number of benzene rings is 1. The van der Waals surface area contributed by atoms with Crippen LogP contribution in [0.2, 0.25) is 0 Å². The van der Waals surface area contributed by atoms with E-state index in [4.69, 9.17) is 23.1 Å². The molecule has 1 aromatic rings. The second-order valence-electron chi connectivity index (χ2n) is 3.25. The lowest BCUT2D eigenvalue weighted by Crippen LogP contribution is -2.06. The summed E-state index contributed by atoms with van der Waals surface area (Å²) in [7, 11) is -4.67. The van der Waals surface area contributed by atoms with E-state index in [1.165, 1.54) is 11.1 Å². The molecule has 7 heteroatoms. The molecule has 1 aliphatic rings. The number of hydrogen-bond acceptors (Lipinski definition) is 2. The Hall–Kier alpha value is -1.79. The van der Waals surface area contributed by atoms with Gasteiger partial charge < -0.3 is 5.53 Å². The van der Waals surface area contributed by atoms with Gasteiger partial charge in [0.1, 0.15) is 0 Å². The molecule has 2 rings (SSSR count). The third-order valence-corrected chi connectivity index (χ3v) is 2.01. The second kappa shape index (κ2) is 5.51. The van der Waals surface area contributed by atoms with Crippen molar-refractivity contribution >= 4 is 22.2 Å². The van der Waals surface area contributed by atoms with Crippen LogP contribution in [0, 0.1) is 0 Å². The molecule has 0 aromatic heterocycles. The van der Waals surface area contributed by atoms with E-state index in [0.717, 1.165) is 6.42 Å². The normalized spacial score (nSPS) is 13.2. The first-order chi connectivity index (χ1) is 7.90. The van der Waals surface area contributed by atoms with Crippen LogP contribution < -0.4 is 0 Å². The Balaban J connectivity index is 0.000000249. The molecule has 0 unspecified atom stereocenters. The van der Waals surface area contributed by atoms with E-state index >= 15 is 0 Å². The van der Waals surface area contributed by atoms with E-state index in [1.807, 2.05) is 30.4 Å². The molecule has 0 saturated heterocycles. The fraction of sp³-hybridized carbons (Fsp3) is 0.100. The van der Waals surface area contributed by atoms with Crippen molar-refractivity contribution in [1.29, 1.82) is 0 Å². The van der Waals surface area contributed by atoms with Crippen LogP contribution in [0.3, 0.4) is 0 Å². The average Bonchev–Trinajstić information content (AvgIpc) is 2.26. The zero-order valence-corrected chi connectivity index (χ0v) is 9.50. The molecule has 1 aromatic carbocycles. The van der Waals surface area contributed by atoms with Crippen LogP contribution in [-0.4, -0.2) is 28.0 Å². The third-order valence-electron chi connectivity index (χ3n) is 2.01. The predicted octanol–water partition coefficient (Wildman–Crippen LogP) is 1.27. The summed E-state index contributed by atoms with van der Waals surface area (Å²) < 4.78 is 31.6. The van der Waals surface area contributed by atoms with Gasteiger partial charge in [-0.25, -0.2) is 0 Å². The Labute approximate surface area is 98.4 Å². The molecule has 0 fully saturated rings. The van der Waals surface area contributed by atoms with E-state index in [0.29, 0.717) is 5.71 Å². The van der Waals surface area contributed by atoms with Crippen LogP contribution in [0.15, 0.2) is 30.3 Å². The molecule has 6 nitrogen and oxygen atoms in total. The molecule has 0 amide bonds. The van der Waals surface area contributed by atoms with E-state index in [1.54, 1.807) is 0 Å². The summed E-state index contributed by atoms with van der Waals surface area (Å²) in [5.74, 6) is 0. The predicted molar refractivity (Wildman–Crippen MR) is 62.0 cm³/mol. The fourth-order valence-corrected chi connectivity index (χ4v) is 1.37. The van der Waals surface area contributed by atoms with E-state index < -0.39 is 10.4 Å². The average molecular weight is 254 g/mol. The number of rotatable bonds is 0. The largest absolute Gasteiger partial charge is 0.394 e. The monoisotopic (exact) mass is 254 g/mol. The summed E-state index contributed by atoms with van der Waals surface area (Å²) in [6.07, 6.45) is 4.53. The maximum atomic E-state index is 8.74. The van der Waals surface area contributed by atoms with Gasteiger partial charge >= 0.3 is 10.4 Å². The van der Waals surface area contributed by atoms with Crippen molar-refractivity contribution in [1.82, 2.24) is 0 Å². The molecule has 1 aliphatic carbocycles. The van der Waals surface area contributed by atoms with Gasteiger partial charge in [-0.2, -0.15) is 13.2 Å². The van der Waals surface area contributed by atoms with Gasteiger partial charge in [0.05, 0.1) is 6.42 Å². The molecule has 90 valence electrons. The number of fused-ring (bicyclic) bond motifs is 1. The second-order valence-corrected chi connectivity index (χ2v) is 4.14. The first kappa shape index (κ1) is 13.3. The molecular formula is C10H10N2O4S. The van der Waals surface area contributed by atoms with Crippen LogP contribution in [0.4, 0.5) is 0 Å². The Bertz CT molecular complexity index is 578. The topological polar surface area (TPSA) is 111 Å². The Kier molecular flexibility index (Phi) is 4.30. The number of hydrogen-bond donors (Lipinski definition) is 2. The lowest BCUT2D eigenvalue weighted by atomic mass is 9.96. The van der Waals surface area contributed by atoms with Gasteiger partial charge in [0, 0.05) is 6.08 Å². The van der Waals surface area contributed by atoms with Crippen LogP contribution >= 0.6 is 0 Å². The summed E-state index contributed by atoms with van der Waals surface area (Å²) in [6.45, 7) is 0. The van der Waals surface area contributed by atoms with Crippen molar-refractivity contribution < 1.29 is 22.3 Å². The minimum Gasteiger partial charge on any atom is -0.361 e. The number of nitrogens with zero attached hydrogens (tertiary/aromatic N) is 2. The minimum atomic E-state index is -4.67. The molecule has 17 heavy (non-hydrogen) atoms. The summed E-state index contributed by atoms with van der Waals surface area (Å²) >= 11 is 0. The lowest BCUT2D eigenvalue weighted by Gasteiger charge is -2.05. The molecular weight excluding hydrogens is 244 g/mol. The third kappa shape index (κ3) is 5.19. The van der Waals surface area contributed by atoms with Gasteiger partial charge in [-0.05, 0) is 17.2 Å². The lowest BCUT2D eigenvalue weighted by molar-refractivity contribution is -0.00553. The minimum absolute atomic E-state index is 0.716. The summed E-state index contributed by atoms with van der Waals surface area (Å²) in [4.78, 5) is 3.18. The Morgan fingerprint density at radius 3 is 2.35 bits per heavy atom. The van der Waals surface area contributed by atoms with Gasteiger partial charge in [-0.15, -0.1) is 0 Å². The highest BCUT2D eigenvalue weighted by Gasteiger charge is 2.12. The molecule has 0 saturated carbocycles. The van der Waals surface area contributed by atoms with Crippen molar-refractivity contribution in [2.45, 2.75) is 6.42 Å². The molecule has 0 atom stereocenters. The van der Waals surface area contributed by atoms with Crippen LogP contribution in [0.5, 0.6) is 0 Å². The van der Waals surface area contributed by atoms with E-state index in [2.05, 4.69) is 10.9 Å². The highest BCUT2D eigenvalue weighted by atomic mass is 32.3. The number of allylic oxidation sites excluding steroid dienone is 1. The zero-order chi connectivity index (χ0) is 12.9. The molecule has 0 spiro atoms. The van der Waals surface area contributed by atoms with Gasteiger partial charge in [0.2, 0.25) is 0 Å². The SMILES string of the molecule is O=S(=O)(O)O.[N-]=[N+]=C1C=Cc2ccccc2C1. The van der Waals surface area contributed by atoms with Gasteiger partial charge in [0.15, 0.2) is 0 Å². The molecule has 0 bridgehead atoms. The van der Waals surface area contributed by atoms with Gasteiger partial charge in [0.25, 0.3) is 5.71 Å². The van der Waals surface area contributed by atoms with Crippen LogP contribution in [-0.2, 0) is 16.8 Å². The Morgan fingerprint density at radius 2 is 1.76 bits per heavy atom. The zero-order valence-electron chi connectivity index (χ0n) is 8.68. The summed E-state index contributed by atoms with van der Waals surface area (Å²) in [5.41, 5.74) is 11.7. The Morgan fingerprint density at radius 1 is 1.18 bits per heavy atom. The quantitative estimate of drug-likeness (QED) is 0.412. The maximum absolute atomic E-state index is 8.74. The van der Waals surface area contributed by atoms with Crippen molar-refractivity contribution in [2.24, 2.45) is 0 Å². The highest BCUT2D eigenvalue weighted by Crippen LogP contribution is 2.15. The smallest absolute Gasteiger partial charge is 0.361 e. The van der Waals surface area contributed by atoms with Crippen molar-refractivity contribution in [3.05, 3.63) is 47.0 Å². The molecule has 0 radical (unpaired) electrons. The maximum Gasteiger partial charge on any atom is 0.394 e. The van der Waals surface area contributed by atoms with Crippen LogP contribution in [0.25, 0.3) is 11.6 Å². The van der Waals surface area contributed by atoms with E-state index in [-0.39, 0.29) is 0 Å². The van der Waals surface area contributed by atoms with Crippen molar-refractivity contribution in [3.8, 4) is 0 Å². The fourth-order valence-electron chi connectivity index (χ4n) is 1.37. The highest BCUT2D eigenvalue weighted by molar-refractivity contribution is 7.79. The molecule has 0 heterocycles. The van der Waals surface area contributed by atoms with Gasteiger partial charge in [-0.3, -0.25) is 9.11 Å². The standard InChI is InChI=1S/C10H8N2.H2O4S/c11-12-10-6-5-8-3-1-2-4-9(8)7-10;1-5(2,3)4/h1-6H,7H2;(H2,1,2,3,4). The van der Waals surface area contributed by atoms with E-state index in [9.17, 15) is 0 Å². The van der Waals surface area contributed by atoms with Crippen molar-refractivity contribution in [2.75, 3.05) is 0 Å². The first-order valence-electron chi connectivity index (χ1n) is 4.57. The van der Waals surface area contributed by atoms with Crippen molar-refractivity contribution in [3.63, 3.8) is 0 Å². The first-order valence-corrected chi connectivity index (χ1v) is 5.96. The molecule has 0 aliphatic heterocycles. The summed E-state index contributed by atoms with van der Waals surface area (Å²) in [5, 5.41) is 0. The van der Waals surface area contributed by atoms with Gasteiger partial charge in [-0.1, -0.05) is 24.3 Å². The van der Waals surface area contributed by atoms with Crippen LogP contribution in [0.1, 0.15) is 11.1 Å².